The molecule has 0 bridgehead atoms. The summed E-state index contributed by atoms with van der Waals surface area (Å²) < 4.78 is 5.71. The largest absolute Gasteiger partial charge is 0.457 e. The molecule has 27 heavy (non-hydrogen) atoms. The fourth-order valence-electron chi connectivity index (χ4n) is 2.48. The molecule has 6 heteroatoms. The van der Waals surface area contributed by atoms with Gasteiger partial charge in [0.1, 0.15) is 23.2 Å². The summed E-state index contributed by atoms with van der Waals surface area (Å²) in [5, 5.41) is 13.0. The molecule has 0 spiro atoms. The first-order valence-corrected chi connectivity index (χ1v) is 8.77. The first kappa shape index (κ1) is 18.8. The molecule has 0 atom stereocenters. The van der Waals surface area contributed by atoms with Crippen LogP contribution in [-0.4, -0.2) is 5.91 Å². The highest BCUT2D eigenvalue weighted by molar-refractivity contribution is 6.36. The lowest BCUT2D eigenvalue weighted by atomic mass is 10.2. The van der Waals surface area contributed by atoms with Crippen molar-refractivity contribution in [2.45, 2.75) is 6.92 Å². The minimum atomic E-state index is -0.509. The number of hydrogen-bond acceptors (Lipinski definition) is 3. The van der Waals surface area contributed by atoms with E-state index in [1.807, 2.05) is 31.2 Å². The molecule has 0 saturated carbocycles. The molecule has 1 heterocycles. The summed E-state index contributed by atoms with van der Waals surface area (Å²) in [4.78, 5) is 12.3. The molecule has 4 nitrogen and oxygen atoms in total. The predicted molar refractivity (Wildman–Crippen MR) is 108 cm³/mol. The average Bonchev–Trinajstić information content (AvgIpc) is 3.08. The Morgan fingerprint density at radius 3 is 2.67 bits per heavy atom. The van der Waals surface area contributed by atoms with Crippen LogP contribution in [0, 0.1) is 18.3 Å². The molecule has 2 aromatic carbocycles. The molecule has 0 aliphatic heterocycles. The van der Waals surface area contributed by atoms with E-state index in [2.05, 4.69) is 5.32 Å². The Morgan fingerprint density at radius 1 is 1.15 bits per heavy atom. The van der Waals surface area contributed by atoms with Gasteiger partial charge in [0.15, 0.2) is 0 Å². The van der Waals surface area contributed by atoms with Crippen LogP contribution in [0.25, 0.3) is 17.4 Å². The van der Waals surface area contributed by atoms with Gasteiger partial charge in [0.05, 0.1) is 5.02 Å². The van der Waals surface area contributed by atoms with Crippen molar-refractivity contribution in [3.63, 3.8) is 0 Å². The van der Waals surface area contributed by atoms with E-state index < -0.39 is 5.91 Å². The summed E-state index contributed by atoms with van der Waals surface area (Å²) in [6.45, 7) is 1.92. The van der Waals surface area contributed by atoms with Gasteiger partial charge >= 0.3 is 0 Å². The Bertz CT molecular complexity index is 1080. The van der Waals surface area contributed by atoms with Gasteiger partial charge < -0.3 is 9.73 Å². The van der Waals surface area contributed by atoms with Gasteiger partial charge in [-0.25, -0.2) is 0 Å². The Morgan fingerprint density at radius 2 is 1.96 bits per heavy atom. The Balaban J connectivity index is 1.83. The highest BCUT2D eigenvalue weighted by Gasteiger charge is 2.13. The summed E-state index contributed by atoms with van der Waals surface area (Å²) in [7, 11) is 0. The quantitative estimate of drug-likeness (QED) is 0.427. The van der Waals surface area contributed by atoms with Gasteiger partial charge in [-0.15, -0.1) is 0 Å². The molecule has 1 amide bonds. The second-order valence-electron chi connectivity index (χ2n) is 5.82. The number of hydrogen-bond donors (Lipinski definition) is 1. The maximum Gasteiger partial charge on any atom is 0.266 e. The van der Waals surface area contributed by atoms with Crippen molar-refractivity contribution >= 4 is 40.9 Å². The van der Waals surface area contributed by atoms with Crippen LogP contribution >= 0.6 is 23.2 Å². The number of benzene rings is 2. The lowest BCUT2D eigenvalue weighted by molar-refractivity contribution is -0.112. The number of rotatable bonds is 4. The second kappa shape index (κ2) is 8.13. The van der Waals surface area contributed by atoms with E-state index in [1.54, 1.807) is 36.4 Å². The van der Waals surface area contributed by atoms with Gasteiger partial charge in [0.25, 0.3) is 5.91 Å². The number of nitrogens with zero attached hydrogens (tertiary/aromatic N) is 1. The van der Waals surface area contributed by atoms with Gasteiger partial charge in [0.2, 0.25) is 0 Å². The molecule has 1 aromatic heterocycles. The van der Waals surface area contributed by atoms with Crippen molar-refractivity contribution in [2.24, 2.45) is 0 Å². The number of nitrogens with one attached hydrogen (secondary N) is 1. The fraction of sp³-hybridized carbons (Fsp3) is 0.0476. The van der Waals surface area contributed by atoms with Crippen LogP contribution in [-0.2, 0) is 4.79 Å². The van der Waals surface area contributed by atoms with E-state index in [9.17, 15) is 10.1 Å². The summed E-state index contributed by atoms with van der Waals surface area (Å²) >= 11 is 12.1. The van der Waals surface area contributed by atoms with Gasteiger partial charge in [-0.3, -0.25) is 4.79 Å². The van der Waals surface area contributed by atoms with Crippen molar-refractivity contribution in [3.8, 4) is 17.4 Å². The van der Waals surface area contributed by atoms with Crippen molar-refractivity contribution in [1.29, 1.82) is 5.26 Å². The van der Waals surface area contributed by atoms with Crippen molar-refractivity contribution in [2.75, 3.05) is 5.32 Å². The van der Waals surface area contributed by atoms with Crippen molar-refractivity contribution in [3.05, 3.63) is 81.5 Å². The highest BCUT2D eigenvalue weighted by atomic mass is 35.5. The zero-order valence-electron chi connectivity index (χ0n) is 14.3. The van der Waals surface area contributed by atoms with Crippen LogP contribution in [0.5, 0.6) is 0 Å². The number of carbonyl (C=O) groups is 1. The van der Waals surface area contributed by atoms with E-state index in [0.717, 1.165) is 5.56 Å². The second-order valence-corrected chi connectivity index (χ2v) is 6.66. The molecule has 0 saturated heterocycles. The summed E-state index contributed by atoms with van der Waals surface area (Å²) in [6, 6.07) is 17.7. The normalized spacial score (nSPS) is 11.1. The zero-order chi connectivity index (χ0) is 19.4. The molecule has 0 fully saturated rings. The zero-order valence-corrected chi connectivity index (χ0v) is 15.8. The maximum atomic E-state index is 12.3. The van der Waals surface area contributed by atoms with E-state index in [-0.39, 0.29) is 5.57 Å². The lowest BCUT2D eigenvalue weighted by Crippen LogP contribution is -2.13. The SMILES string of the molecule is Cc1cccc(NC(=O)/C(C#N)=C\c2ccc(-c3ccc(Cl)cc3Cl)o2)c1. The van der Waals surface area contributed by atoms with Crippen molar-refractivity contribution < 1.29 is 9.21 Å². The number of furan rings is 1. The predicted octanol–water partition coefficient (Wildman–Crippen LogP) is 6.11. The third-order valence-corrected chi connectivity index (χ3v) is 4.30. The average molecular weight is 397 g/mol. The summed E-state index contributed by atoms with van der Waals surface area (Å²) in [5.41, 5.74) is 2.23. The number of amides is 1. The molecule has 0 unspecified atom stereocenters. The lowest BCUT2D eigenvalue weighted by Gasteiger charge is -2.04. The summed E-state index contributed by atoms with van der Waals surface area (Å²) in [6.07, 6.45) is 1.39. The number of nitriles is 1. The number of carbonyl (C=O) groups excluding carboxylic acids is 1. The van der Waals surface area contributed by atoms with Crippen LogP contribution in [0.4, 0.5) is 5.69 Å². The van der Waals surface area contributed by atoms with E-state index in [0.29, 0.717) is 32.8 Å². The van der Waals surface area contributed by atoms with Gasteiger partial charge in [-0.2, -0.15) is 5.26 Å². The van der Waals surface area contributed by atoms with Crippen LogP contribution < -0.4 is 5.32 Å². The molecule has 1 N–H and O–H groups in total. The van der Waals surface area contributed by atoms with E-state index in [4.69, 9.17) is 27.6 Å². The molecular formula is C21H14Cl2N2O2. The Labute approximate surface area is 166 Å². The van der Waals surface area contributed by atoms with Crippen LogP contribution in [0.1, 0.15) is 11.3 Å². The standard InChI is InChI=1S/C21H14Cl2N2O2/c1-13-3-2-4-16(9-13)25-21(26)14(12-24)10-17-6-8-20(27-17)18-7-5-15(22)11-19(18)23/h2-11H,1H3,(H,25,26)/b14-10-. The molecule has 0 radical (unpaired) electrons. The first-order chi connectivity index (χ1) is 13.0. The third-order valence-electron chi connectivity index (χ3n) is 3.75. The fourth-order valence-corrected chi connectivity index (χ4v) is 2.98. The van der Waals surface area contributed by atoms with E-state index >= 15 is 0 Å². The van der Waals surface area contributed by atoms with Gasteiger partial charge in [-0.05, 0) is 55.0 Å². The van der Waals surface area contributed by atoms with Crippen LogP contribution in [0.15, 0.2) is 64.6 Å². The molecular weight excluding hydrogens is 383 g/mol. The molecule has 0 aliphatic carbocycles. The summed E-state index contributed by atoms with van der Waals surface area (Å²) in [5.74, 6) is 0.372. The van der Waals surface area contributed by atoms with Crippen molar-refractivity contribution in [1.82, 2.24) is 0 Å². The monoisotopic (exact) mass is 396 g/mol. The molecule has 0 aliphatic rings. The van der Waals surface area contributed by atoms with Gasteiger partial charge in [-0.1, -0.05) is 35.3 Å². The van der Waals surface area contributed by atoms with Crippen LogP contribution in [0.3, 0.4) is 0 Å². The van der Waals surface area contributed by atoms with Crippen LogP contribution in [0.2, 0.25) is 10.0 Å². The number of halogens is 2. The molecule has 3 rings (SSSR count). The molecule has 134 valence electrons. The first-order valence-electron chi connectivity index (χ1n) is 8.01. The smallest absolute Gasteiger partial charge is 0.266 e. The molecule has 3 aromatic rings. The maximum absolute atomic E-state index is 12.3. The highest BCUT2D eigenvalue weighted by Crippen LogP contribution is 2.32. The topological polar surface area (TPSA) is 66.0 Å². The number of aryl methyl sites for hydroxylation is 1. The van der Waals surface area contributed by atoms with Gasteiger partial charge in [0, 0.05) is 22.3 Å². The minimum Gasteiger partial charge on any atom is -0.457 e. The number of anilines is 1. The Hall–Kier alpha value is -3.00. The van der Waals surface area contributed by atoms with E-state index in [1.165, 1.54) is 6.08 Å². The Kier molecular flexibility index (Phi) is 5.66. The third kappa shape index (κ3) is 4.59. The minimum absolute atomic E-state index is 0.0698.